The molecule has 0 aromatic heterocycles. The van der Waals surface area contributed by atoms with Crippen LogP contribution in [-0.4, -0.2) is 54.4 Å². The Morgan fingerprint density at radius 1 is 1.19 bits per heavy atom. The third-order valence-corrected chi connectivity index (χ3v) is 6.82. The number of likely N-dealkylation sites (N-methyl/N-ethyl adjacent to an activating group) is 1. The lowest BCUT2D eigenvalue weighted by atomic mass is 10.0. The molecular weight excluding hydrogens is 294 g/mol. The van der Waals surface area contributed by atoms with Crippen molar-refractivity contribution in [2.24, 2.45) is 5.92 Å². The average Bonchev–Trinajstić information content (AvgIpc) is 2.38. The molecule has 1 atom stereocenters. The number of carboxylic acid groups (broad SMARTS) is 1. The molecule has 0 saturated heterocycles. The topological polar surface area (TPSA) is 91.8 Å². The molecule has 1 unspecified atom stereocenters. The second-order valence-corrected chi connectivity index (χ2v) is 8.45. The van der Waals surface area contributed by atoms with Crippen molar-refractivity contribution < 1.29 is 23.1 Å². The van der Waals surface area contributed by atoms with Crippen molar-refractivity contribution >= 4 is 21.7 Å². The van der Waals surface area contributed by atoms with E-state index in [1.165, 1.54) is 7.05 Å². The van der Waals surface area contributed by atoms with Crippen LogP contribution >= 0.6 is 0 Å². The number of nitrogens with zero attached hydrogens (tertiary/aromatic N) is 1. The summed E-state index contributed by atoms with van der Waals surface area (Å²) in [6.45, 7) is 2.90. The fraction of sp³-hybridized carbons (Fsp3) is 0.857. The number of rotatable bonds is 6. The largest absolute Gasteiger partial charge is 0.480 e. The Kier molecular flexibility index (Phi) is 6.19. The molecule has 1 saturated carbocycles. The van der Waals surface area contributed by atoms with E-state index in [0.717, 1.165) is 24.2 Å². The van der Waals surface area contributed by atoms with E-state index in [-0.39, 0.29) is 5.92 Å². The molecule has 1 aliphatic carbocycles. The van der Waals surface area contributed by atoms with Gasteiger partial charge in [0.15, 0.2) is 9.84 Å². The van der Waals surface area contributed by atoms with Crippen LogP contribution in [0.15, 0.2) is 0 Å². The molecule has 6 nitrogen and oxygen atoms in total. The molecule has 0 spiro atoms. The highest BCUT2D eigenvalue weighted by Gasteiger charge is 2.42. The normalized spacial score (nSPS) is 18.5. The fourth-order valence-electron chi connectivity index (χ4n) is 2.90. The first-order chi connectivity index (χ1) is 9.67. The molecule has 122 valence electrons. The summed E-state index contributed by atoms with van der Waals surface area (Å²) in [5, 5.41) is 7.14. The van der Waals surface area contributed by atoms with Crippen molar-refractivity contribution in [3.8, 4) is 0 Å². The van der Waals surface area contributed by atoms with Gasteiger partial charge in [-0.15, -0.1) is 0 Å². The van der Waals surface area contributed by atoms with Gasteiger partial charge >= 0.3 is 5.97 Å². The standard InChI is InChI=1S/C14H25NO5S/c1-10(2)13(14(18)15(3)9-12(16)17)21(19,20)11-7-5-4-6-8-11/h10-11,13H,4-9H2,1-3H3,(H,16,17). The summed E-state index contributed by atoms with van der Waals surface area (Å²) in [5.74, 6) is -2.14. The highest BCUT2D eigenvalue weighted by Crippen LogP contribution is 2.29. The van der Waals surface area contributed by atoms with Crippen LogP contribution < -0.4 is 0 Å². The van der Waals surface area contributed by atoms with E-state index in [9.17, 15) is 18.0 Å². The molecule has 1 aliphatic rings. The highest BCUT2D eigenvalue weighted by atomic mass is 32.2. The number of carboxylic acids is 1. The molecule has 1 rings (SSSR count). The highest BCUT2D eigenvalue weighted by molar-refractivity contribution is 7.93. The minimum atomic E-state index is -3.59. The minimum Gasteiger partial charge on any atom is -0.480 e. The van der Waals surface area contributed by atoms with E-state index in [1.807, 2.05) is 0 Å². The molecule has 0 radical (unpaired) electrons. The van der Waals surface area contributed by atoms with Crippen LogP contribution in [0.25, 0.3) is 0 Å². The summed E-state index contributed by atoms with van der Waals surface area (Å²) in [4.78, 5) is 24.1. The minimum absolute atomic E-state index is 0.374. The molecule has 21 heavy (non-hydrogen) atoms. The smallest absolute Gasteiger partial charge is 0.323 e. The fourth-order valence-corrected chi connectivity index (χ4v) is 5.53. The van der Waals surface area contributed by atoms with Crippen LogP contribution in [0.3, 0.4) is 0 Å². The summed E-state index contributed by atoms with van der Waals surface area (Å²) in [6.07, 6.45) is 3.97. The first-order valence-corrected chi connectivity index (χ1v) is 8.98. The molecule has 0 heterocycles. The van der Waals surface area contributed by atoms with Gasteiger partial charge in [-0.2, -0.15) is 0 Å². The number of carbonyl (C=O) groups excluding carboxylic acids is 1. The monoisotopic (exact) mass is 319 g/mol. The maximum absolute atomic E-state index is 12.8. The zero-order chi connectivity index (χ0) is 16.2. The SMILES string of the molecule is CC(C)C(C(=O)N(C)CC(=O)O)S(=O)(=O)C1CCCCC1. The number of amides is 1. The van der Waals surface area contributed by atoms with E-state index >= 15 is 0 Å². The molecule has 0 aliphatic heterocycles. The lowest BCUT2D eigenvalue weighted by molar-refractivity contribution is -0.143. The third-order valence-electron chi connectivity index (χ3n) is 3.97. The van der Waals surface area contributed by atoms with Gasteiger partial charge in [-0.05, 0) is 18.8 Å². The number of aliphatic carboxylic acids is 1. The first kappa shape index (κ1) is 17.9. The van der Waals surface area contributed by atoms with Crippen molar-refractivity contribution in [3.63, 3.8) is 0 Å². The van der Waals surface area contributed by atoms with E-state index < -0.39 is 38.8 Å². The zero-order valence-corrected chi connectivity index (χ0v) is 13.7. The van der Waals surface area contributed by atoms with Crippen LogP contribution in [-0.2, 0) is 19.4 Å². The Hall–Kier alpha value is -1.11. The summed E-state index contributed by atoms with van der Waals surface area (Å²) < 4.78 is 25.5. The van der Waals surface area contributed by atoms with Gasteiger partial charge in [-0.3, -0.25) is 9.59 Å². The van der Waals surface area contributed by atoms with Crippen LogP contribution in [0.2, 0.25) is 0 Å². The van der Waals surface area contributed by atoms with Gasteiger partial charge in [-0.25, -0.2) is 8.42 Å². The number of carbonyl (C=O) groups is 2. The molecule has 0 aromatic carbocycles. The molecule has 1 amide bonds. The van der Waals surface area contributed by atoms with Crippen LogP contribution in [0.4, 0.5) is 0 Å². The molecule has 7 heteroatoms. The average molecular weight is 319 g/mol. The van der Waals surface area contributed by atoms with E-state index in [0.29, 0.717) is 12.8 Å². The van der Waals surface area contributed by atoms with Gasteiger partial charge in [0.25, 0.3) is 0 Å². The lowest BCUT2D eigenvalue weighted by Crippen LogP contribution is -2.48. The van der Waals surface area contributed by atoms with Gasteiger partial charge in [0.2, 0.25) is 5.91 Å². The Labute approximate surface area is 126 Å². The molecule has 1 N–H and O–H groups in total. The van der Waals surface area contributed by atoms with E-state index in [1.54, 1.807) is 13.8 Å². The second-order valence-electron chi connectivity index (χ2n) is 6.10. The van der Waals surface area contributed by atoms with Crippen molar-refractivity contribution in [2.45, 2.75) is 56.5 Å². The summed E-state index contributed by atoms with van der Waals surface area (Å²) in [7, 11) is -2.25. The molecule has 0 bridgehead atoms. The Balaban J connectivity index is 2.99. The van der Waals surface area contributed by atoms with Crippen LogP contribution in [0.5, 0.6) is 0 Å². The Morgan fingerprint density at radius 2 is 1.71 bits per heavy atom. The maximum Gasteiger partial charge on any atom is 0.323 e. The number of sulfone groups is 1. The number of hydrogen-bond donors (Lipinski definition) is 1. The van der Waals surface area contributed by atoms with Crippen molar-refractivity contribution in [3.05, 3.63) is 0 Å². The zero-order valence-electron chi connectivity index (χ0n) is 12.9. The molecule has 1 fully saturated rings. The van der Waals surface area contributed by atoms with Gasteiger partial charge in [0.1, 0.15) is 11.8 Å². The Morgan fingerprint density at radius 3 is 2.14 bits per heavy atom. The van der Waals surface area contributed by atoms with Gasteiger partial charge in [0.05, 0.1) is 5.25 Å². The van der Waals surface area contributed by atoms with Gasteiger partial charge < -0.3 is 10.0 Å². The predicted octanol–water partition coefficient (Wildman–Crippen LogP) is 1.30. The van der Waals surface area contributed by atoms with Crippen molar-refractivity contribution in [2.75, 3.05) is 13.6 Å². The predicted molar refractivity (Wildman–Crippen MR) is 79.7 cm³/mol. The van der Waals surface area contributed by atoms with Crippen LogP contribution in [0, 0.1) is 5.92 Å². The summed E-state index contributed by atoms with van der Waals surface area (Å²) >= 11 is 0. The summed E-state index contributed by atoms with van der Waals surface area (Å²) in [6, 6.07) is 0. The van der Waals surface area contributed by atoms with Gasteiger partial charge in [0, 0.05) is 7.05 Å². The van der Waals surface area contributed by atoms with E-state index in [4.69, 9.17) is 5.11 Å². The molecular formula is C14H25NO5S. The van der Waals surface area contributed by atoms with Crippen molar-refractivity contribution in [1.82, 2.24) is 4.90 Å². The van der Waals surface area contributed by atoms with Crippen molar-refractivity contribution in [1.29, 1.82) is 0 Å². The Bertz CT molecular complexity index is 480. The van der Waals surface area contributed by atoms with E-state index in [2.05, 4.69) is 0 Å². The quantitative estimate of drug-likeness (QED) is 0.797. The third kappa shape index (κ3) is 4.43. The second kappa shape index (κ2) is 7.24. The maximum atomic E-state index is 12.8. The summed E-state index contributed by atoms with van der Waals surface area (Å²) in [5.41, 5.74) is 0. The van der Waals surface area contributed by atoms with Gasteiger partial charge in [-0.1, -0.05) is 33.1 Å². The van der Waals surface area contributed by atoms with Crippen LogP contribution in [0.1, 0.15) is 46.0 Å². The molecule has 0 aromatic rings. The first-order valence-electron chi connectivity index (χ1n) is 7.37. The number of hydrogen-bond acceptors (Lipinski definition) is 4. The lowest BCUT2D eigenvalue weighted by Gasteiger charge is -2.30.